The van der Waals surface area contributed by atoms with Gasteiger partial charge in [-0.3, -0.25) is 9.36 Å². The summed E-state index contributed by atoms with van der Waals surface area (Å²) in [6.45, 7) is 4.23. The third-order valence-electron chi connectivity index (χ3n) is 7.52. The third-order valence-corrected chi connectivity index (χ3v) is 7.52. The van der Waals surface area contributed by atoms with Crippen molar-refractivity contribution in [3.63, 3.8) is 0 Å². The first-order chi connectivity index (χ1) is 19.4. The fraction of sp³-hybridized carbons (Fsp3) is 0.167. The maximum absolute atomic E-state index is 14.1. The number of fused-ring (bicyclic) bond motifs is 3. The highest BCUT2D eigenvalue weighted by Gasteiger charge is 2.30. The minimum Gasteiger partial charge on any atom is -0.455 e. The van der Waals surface area contributed by atoms with Crippen LogP contribution >= 0.6 is 0 Å². The van der Waals surface area contributed by atoms with Crippen LogP contribution in [-0.2, 0) is 11.3 Å². The van der Waals surface area contributed by atoms with E-state index in [2.05, 4.69) is 15.0 Å². The highest BCUT2D eigenvalue weighted by atomic mass is 16.5. The standard InChI is InChI=1S/C30H26N8O2/c1-16-6-3-4-9-22(16)38-20(12-18-8-5-7-17(2)24(18)29(38)39)14-37-28-25(27(31)33-15-34-28)26(36-37)19-10-11-21-23(13-19)40-30(32)35-21/h3-13,15,21,23H,14H2,1-2H3,(H2,32,35)(H2,31,33,34). The average Bonchev–Trinajstić information content (AvgIpc) is 3.49. The Morgan fingerprint density at radius 3 is 2.67 bits per heavy atom. The van der Waals surface area contributed by atoms with E-state index in [1.807, 2.05) is 80.6 Å². The molecule has 0 bridgehead atoms. The van der Waals surface area contributed by atoms with E-state index in [9.17, 15) is 4.79 Å². The number of nitrogens with two attached hydrogens (primary N) is 2. The Morgan fingerprint density at radius 1 is 1.00 bits per heavy atom. The van der Waals surface area contributed by atoms with Gasteiger partial charge in [0.1, 0.15) is 30.0 Å². The molecule has 2 aromatic carbocycles. The maximum Gasteiger partial charge on any atom is 0.283 e. The summed E-state index contributed by atoms with van der Waals surface area (Å²) in [5.74, 6) is 0.316. The van der Waals surface area contributed by atoms with Crippen molar-refractivity contribution in [1.29, 1.82) is 0 Å². The predicted molar refractivity (Wildman–Crippen MR) is 155 cm³/mol. The maximum atomic E-state index is 14.1. The van der Waals surface area contributed by atoms with Gasteiger partial charge in [-0.2, -0.15) is 5.10 Å². The van der Waals surface area contributed by atoms with Crippen LogP contribution in [0.5, 0.6) is 0 Å². The Morgan fingerprint density at radius 2 is 1.82 bits per heavy atom. The van der Waals surface area contributed by atoms with Crippen LogP contribution in [0.15, 0.2) is 82.9 Å². The van der Waals surface area contributed by atoms with Crippen molar-refractivity contribution in [1.82, 2.24) is 24.3 Å². The highest BCUT2D eigenvalue weighted by molar-refractivity contribution is 5.98. The molecule has 10 heteroatoms. The number of allylic oxidation sites excluding steroid dienone is 2. The molecule has 2 unspecified atom stereocenters. The van der Waals surface area contributed by atoms with E-state index < -0.39 is 0 Å². The van der Waals surface area contributed by atoms with Crippen molar-refractivity contribution in [3.8, 4) is 5.69 Å². The van der Waals surface area contributed by atoms with Gasteiger partial charge in [-0.25, -0.2) is 19.6 Å². The predicted octanol–water partition coefficient (Wildman–Crippen LogP) is 3.41. The number of ether oxygens (including phenoxy) is 1. The van der Waals surface area contributed by atoms with E-state index in [4.69, 9.17) is 21.3 Å². The highest BCUT2D eigenvalue weighted by Crippen LogP contribution is 2.33. The summed E-state index contributed by atoms with van der Waals surface area (Å²) >= 11 is 0. The fourth-order valence-electron chi connectivity index (χ4n) is 5.62. The van der Waals surface area contributed by atoms with Gasteiger partial charge in [-0.05, 0) is 48.6 Å². The van der Waals surface area contributed by atoms with Gasteiger partial charge in [0.05, 0.1) is 23.0 Å². The zero-order valence-corrected chi connectivity index (χ0v) is 21.9. The molecule has 4 N–H and O–H groups in total. The molecule has 4 heterocycles. The zero-order valence-electron chi connectivity index (χ0n) is 21.9. The van der Waals surface area contributed by atoms with Gasteiger partial charge >= 0.3 is 0 Å². The number of pyridine rings is 1. The number of para-hydroxylation sites is 1. The summed E-state index contributed by atoms with van der Waals surface area (Å²) in [6, 6.07) is 15.8. The Kier molecular flexibility index (Phi) is 5.31. The number of aryl methyl sites for hydroxylation is 2. The van der Waals surface area contributed by atoms with E-state index in [1.165, 1.54) is 6.33 Å². The van der Waals surface area contributed by atoms with Crippen molar-refractivity contribution in [3.05, 3.63) is 106 Å². The van der Waals surface area contributed by atoms with Crippen LogP contribution in [0.3, 0.4) is 0 Å². The fourth-order valence-corrected chi connectivity index (χ4v) is 5.62. The van der Waals surface area contributed by atoms with Crippen LogP contribution in [-0.4, -0.2) is 42.5 Å². The molecule has 5 aromatic rings. The second-order valence-electron chi connectivity index (χ2n) is 10.1. The van der Waals surface area contributed by atoms with Crippen molar-refractivity contribution < 1.29 is 4.74 Å². The first kappa shape index (κ1) is 23.8. The van der Waals surface area contributed by atoms with Crippen molar-refractivity contribution in [2.75, 3.05) is 5.73 Å². The monoisotopic (exact) mass is 530 g/mol. The van der Waals surface area contributed by atoms with Crippen LogP contribution in [0, 0.1) is 13.8 Å². The number of amidine groups is 1. The molecule has 2 atom stereocenters. The minimum atomic E-state index is -0.319. The molecular weight excluding hydrogens is 504 g/mol. The molecule has 0 saturated heterocycles. The smallest absolute Gasteiger partial charge is 0.283 e. The Labute approximate surface area is 228 Å². The number of hydrogen-bond acceptors (Lipinski definition) is 8. The van der Waals surface area contributed by atoms with Gasteiger partial charge in [-0.15, -0.1) is 0 Å². The van der Waals surface area contributed by atoms with Gasteiger partial charge in [0.25, 0.3) is 11.6 Å². The lowest BCUT2D eigenvalue weighted by molar-refractivity contribution is 0.251. The van der Waals surface area contributed by atoms with Crippen molar-refractivity contribution in [2.45, 2.75) is 32.5 Å². The summed E-state index contributed by atoms with van der Waals surface area (Å²) in [6.07, 6.45) is 6.92. The van der Waals surface area contributed by atoms with Gasteiger partial charge in [-0.1, -0.05) is 48.6 Å². The zero-order chi connectivity index (χ0) is 27.5. The molecule has 10 nitrogen and oxygen atoms in total. The van der Waals surface area contributed by atoms with E-state index in [-0.39, 0.29) is 30.3 Å². The lowest BCUT2D eigenvalue weighted by Crippen LogP contribution is -2.25. The summed E-state index contributed by atoms with van der Waals surface area (Å²) < 4.78 is 9.22. The molecule has 2 aliphatic rings. The Bertz CT molecular complexity index is 2000. The quantitative estimate of drug-likeness (QED) is 0.363. The normalized spacial score (nSPS) is 18.1. The van der Waals surface area contributed by atoms with Crippen LogP contribution in [0.1, 0.15) is 22.5 Å². The summed E-state index contributed by atoms with van der Waals surface area (Å²) in [5, 5.41) is 7.15. The van der Waals surface area contributed by atoms with Crippen LogP contribution < -0.4 is 17.0 Å². The van der Waals surface area contributed by atoms with Gasteiger partial charge in [0.15, 0.2) is 5.65 Å². The van der Waals surface area contributed by atoms with Crippen molar-refractivity contribution in [2.24, 2.45) is 10.7 Å². The molecule has 1 aliphatic heterocycles. The molecule has 40 heavy (non-hydrogen) atoms. The molecule has 0 fully saturated rings. The lowest BCUT2D eigenvalue weighted by Gasteiger charge is -2.17. The number of aromatic nitrogens is 5. The largest absolute Gasteiger partial charge is 0.455 e. The number of hydrogen-bond donors (Lipinski definition) is 2. The number of benzene rings is 2. The molecule has 198 valence electrons. The first-order valence-corrected chi connectivity index (χ1v) is 13.0. The van der Waals surface area contributed by atoms with Crippen LogP contribution in [0.25, 0.3) is 33.1 Å². The van der Waals surface area contributed by atoms with E-state index >= 15 is 0 Å². The molecule has 0 amide bonds. The van der Waals surface area contributed by atoms with E-state index in [1.54, 1.807) is 9.25 Å². The number of nitrogen functional groups attached to an aromatic ring is 1. The molecule has 1 aliphatic carbocycles. The Hall–Kier alpha value is -5.25. The number of rotatable bonds is 4. The molecule has 7 rings (SSSR count). The summed E-state index contributed by atoms with van der Waals surface area (Å²) in [7, 11) is 0. The molecule has 0 saturated carbocycles. The van der Waals surface area contributed by atoms with E-state index in [0.29, 0.717) is 27.9 Å². The first-order valence-electron chi connectivity index (χ1n) is 13.0. The summed E-state index contributed by atoms with van der Waals surface area (Å²) in [4.78, 5) is 27.1. The molecule has 3 aromatic heterocycles. The van der Waals surface area contributed by atoms with Gasteiger partial charge < -0.3 is 16.2 Å². The third kappa shape index (κ3) is 3.68. The van der Waals surface area contributed by atoms with Gasteiger partial charge in [0.2, 0.25) is 0 Å². The lowest BCUT2D eigenvalue weighted by atomic mass is 9.98. The van der Waals surface area contributed by atoms with Crippen LogP contribution in [0.4, 0.5) is 5.82 Å². The average molecular weight is 531 g/mol. The topological polar surface area (TPSA) is 139 Å². The SMILES string of the molecule is Cc1ccccc1-n1c(Cn2nc(C3=CC4OC(N)=NC4C=C3)c3c(N)ncnc32)cc2cccc(C)c2c1=O. The molecule has 0 radical (unpaired) electrons. The van der Waals surface area contributed by atoms with Crippen LogP contribution in [0.2, 0.25) is 0 Å². The Balaban J connectivity index is 1.43. The second kappa shape index (κ2) is 8.91. The number of aliphatic imine (C=N–C) groups is 1. The van der Waals surface area contributed by atoms with E-state index in [0.717, 1.165) is 33.5 Å². The number of anilines is 1. The summed E-state index contributed by atoms with van der Waals surface area (Å²) in [5.41, 5.74) is 17.6. The van der Waals surface area contributed by atoms with Gasteiger partial charge in [0, 0.05) is 11.3 Å². The number of nitrogens with zero attached hydrogens (tertiary/aromatic N) is 6. The molecular formula is C30H26N8O2. The molecule has 0 spiro atoms. The second-order valence-corrected chi connectivity index (χ2v) is 10.1. The minimum absolute atomic E-state index is 0.0781. The van der Waals surface area contributed by atoms with Crippen molar-refractivity contribution >= 4 is 39.2 Å².